The number of nitrogens with zero attached hydrogens (tertiary/aromatic N) is 3. The Kier molecular flexibility index (Phi) is 2.30. The van der Waals surface area contributed by atoms with Crippen LogP contribution in [0.1, 0.15) is 5.56 Å². The van der Waals surface area contributed by atoms with Gasteiger partial charge >= 0.3 is 0 Å². The van der Waals surface area contributed by atoms with Crippen LogP contribution in [0.25, 0.3) is 11.1 Å². The molecular formula is C11H7N3O. The van der Waals surface area contributed by atoms with Crippen molar-refractivity contribution in [1.82, 2.24) is 9.97 Å². The lowest BCUT2D eigenvalue weighted by Crippen LogP contribution is -1.84. The molecule has 72 valence electrons. The van der Waals surface area contributed by atoms with Gasteiger partial charge in [-0.25, -0.2) is 0 Å². The highest BCUT2D eigenvalue weighted by atomic mass is 16.3. The number of nitriles is 1. The molecule has 0 bridgehead atoms. The van der Waals surface area contributed by atoms with Gasteiger partial charge in [0.1, 0.15) is 11.8 Å². The molecule has 0 aliphatic carbocycles. The van der Waals surface area contributed by atoms with Gasteiger partial charge in [-0.15, -0.1) is 0 Å². The average Bonchev–Trinajstić information content (AvgIpc) is 2.29. The van der Waals surface area contributed by atoms with E-state index in [4.69, 9.17) is 5.26 Å². The Bertz CT molecular complexity index is 531. The lowest BCUT2D eigenvalue weighted by atomic mass is 10.1. The summed E-state index contributed by atoms with van der Waals surface area (Å²) in [4.78, 5) is 7.79. The van der Waals surface area contributed by atoms with Gasteiger partial charge < -0.3 is 5.11 Å². The third-order valence-corrected chi connectivity index (χ3v) is 1.92. The Morgan fingerprint density at radius 1 is 1.00 bits per heavy atom. The van der Waals surface area contributed by atoms with E-state index in [-0.39, 0.29) is 5.75 Å². The molecule has 2 rings (SSSR count). The molecule has 0 saturated carbocycles. The van der Waals surface area contributed by atoms with Crippen molar-refractivity contribution in [2.24, 2.45) is 0 Å². The van der Waals surface area contributed by atoms with Crippen molar-refractivity contribution >= 4 is 0 Å². The topological polar surface area (TPSA) is 69.8 Å². The van der Waals surface area contributed by atoms with Crippen LogP contribution in [0.5, 0.6) is 5.75 Å². The third kappa shape index (κ3) is 1.92. The standard InChI is InChI=1S/C11H7N3O/c12-3-8-1-9(5-13-4-8)10-2-11(15)7-14-6-10/h1-2,4-7,15H. The van der Waals surface area contributed by atoms with Crippen molar-refractivity contribution in [2.75, 3.05) is 0 Å². The number of rotatable bonds is 1. The van der Waals surface area contributed by atoms with Gasteiger partial charge in [0.05, 0.1) is 11.8 Å². The number of hydrogen-bond donors (Lipinski definition) is 1. The van der Waals surface area contributed by atoms with Crippen molar-refractivity contribution in [3.63, 3.8) is 0 Å². The Labute approximate surface area is 86.5 Å². The maximum absolute atomic E-state index is 9.25. The van der Waals surface area contributed by atoms with Gasteiger partial charge in [0.15, 0.2) is 0 Å². The smallest absolute Gasteiger partial charge is 0.134 e. The molecule has 0 amide bonds. The van der Waals surface area contributed by atoms with Gasteiger partial charge in [-0.3, -0.25) is 9.97 Å². The van der Waals surface area contributed by atoms with Crippen LogP contribution in [0.15, 0.2) is 36.9 Å². The van der Waals surface area contributed by atoms with E-state index in [0.717, 1.165) is 11.1 Å². The van der Waals surface area contributed by atoms with Crippen molar-refractivity contribution < 1.29 is 5.11 Å². The molecule has 0 aliphatic heterocycles. The molecule has 0 fully saturated rings. The van der Waals surface area contributed by atoms with Crippen molar-refractivity contribution in [3.05, 3.63) is 42.5 Å². The van der Waals surface area contributed by atoms with Gasteiger partial charge in [-0.2, -0.15) is 5.26 Å². The molecule has 2 aromatic rings. The molecule has 0 aliphatic rings. The summed E-state index contributed by atoms with van der Waals surface area (Å²) in [6, 6.07) is 5.28. The molecule has 0 radical (unpaired) electrons. The summed E-state index contributed by atoms with van der Waals surface area (Å²) < 4.78 is 0. The molecule has 4 heteroatoms. The minimum absolute atomic E-state index is 0.0925. The van der Waals surface area contributed by atoms with Crippen LogP contribution in [-0.4, -0.2) is 15.1 Å². The van der Waals surface area contributed by atoms with Crippen LogP contribution >= 0.6 is 0 Å². The van der Waals surface area contributed by atoms with Crippen LogP contribution in [0, 0.1) is 11.3 Å². The first-order valence-electron chi connectivity index (χ1n) is 4.29. The van der Waals surface area contributed by atoms with Crippen molar-refractivity contribution in [2.45, 2.75) is 0 Å². The molecule has 0 saturated heterocycles. The second-order valence-corrected chi connectivity index (χ2v) is 3.01. The van der Waals surface area contributed by atoms with Crippen LogP contribution in [0.4, 0.5) is 0 Å². The maximum Gasteiger partial charge on any atom is 0.134 e. The van der Waals surface area contributed by atoms with Gasteiger partial charge in [0, 0.05) is 29.7 Å². The molecule has 0 atom stereocenters. The monoisotopic (exact) mass is 197 g/mol. The fourth-order valence-electron chi connectivity index (χ4n) is 1.24. The van der Waals surface area contributed by atoms with E-state index >= 15 is 0 Å². The zero-order valence-corrected chi connectivity index (χ0v) is 7.75. The zero-order chi connectivity index (χ0) is 10.7. The molecule has 0 aromatic carbocycles. The first kappa shape index (κ1) is 9.16. The molecule has 1 N–H and O–H groups in total. The van der Waals surface area contributed by atoms with Crippen LogP contribution in [0.3, 0.4) is 0 Å². The third-order valence-electron chi connectivity index (χ3n) is 1.92. The lowest BCUT2D eigenvalue weighted by molar-refractivity contribution is 0.473. The SMILES string of the molecule is N#Cc1cncc(-c2cncc(O)c2)c1. The first-order chi connectivity index (χ1) is 7.29. The second kappa shape index (κ2) is 3.76. The molecule has 0 spiro atoms. The van der Waals surface area contributed by atoms with E-state index in [1.807, 2.05) is 6.07 Å². The Morgan fingerprint density at radius 2 is 1.67 bits per heavy atom. The molecule has 2 aromatic heterocycles. The fraction of sp³-hybridized carbons (Fsp3) is 0. The largest absolute Gasteiger partial charge is 0.506 e. The summed E-state index contributed by atoms with van der Waals surface area (Å²) in [6.07, 6.45) is 6.07. The summed E-state index contributed by atoms with van der Waals surface area (Å²) in [6.45, 7) is 0. The fourth-order valence-corrected chi connectivity index (χ4v) is 1.24. The molecule has 0 unspecified atom stereocenters. The normalized spacial score (nSPS) is 9.53. The highest BCUT2D eigenvalue weighted by molar-refractivity contribution is 5.64. The quantitative estimate of drug-likeness (QED) is 0.755. The van der Waals surface area contributed by atoms with Gasteiger partial charge in [-0.1, -0.05) is 0 Å². The van der Waals surface area contributed by atoms with E-state index in [1.54, 1.807) is 24.5 Å². The molecular weight excluding hydrogens is 190 g/mol. The van der Waals surface area contributed by atoms with E-state index in [1.165, 1.54) is 12.4 Å². The summed E-state index contributed by atoms with van der Waals surface area (Å²) in [7, 11) is 0. The predicted molar refractivity (Wildman–Crippen MR) is 53.8 cm³/mol. The van der Waals surface area contributed by atoms with E-state index in [0.29, 0.717) is 5.56 Å². The minimum Gasteiger partial charge on any atom is -0.506 e. The summed E-state index contributed by atoms with van der Waals surface area (Å²) >= 11 is 0. The molecule has 4 nitrogen and oxygen atoms in total. The minimum atomic E-state index is 0.0925. The first-order valence-corrected chi connectivity index (χ1v) is 4.29. The Balaban J connectivity index is 2.50. The van der Waals surface area contributed by atoms with Crippen molar-refractivity contribution in [3.8, 4) is 22.9 Å². The Hall–Kier alpha value is -2.41. The van der Waals surface area contributed by atoms with Crippen LogP contribution < -0.4 is 0 Å². The summed E-state index contributed by atoms with van der Waals surface area (Å²) in [5, 5.41) is 18.0. The van der Waals surface area contributed by atoms with Gasteiger partial charge in [0.2, 0.25) is 0 Å². The number of pyridine rings is 2. The predicted octanol–water partition coefficient (Wildman–Crippen LogP) is 1.72. The zero-order valence-electron chi connectivity index (χ0n) is 7.75. The summed E-state index contributed by atoms with van der Waals surface area (Å²) in [5.41, 5.74) is 1.98. The lowest BCUT2D eigenvalue weighted by Gasteiger charge is -2.00. The van der Waals surface area contributed by atoms with E-state index < -0.39 is 0 Å². The number of aromatic hydroxyl groups is 1. The summed E-state index contributed by atoms with van der Waals surface area (Å²) in [5.74, 6) is 0.0925. The molecule has 2 heterocycles. The van der Waals surface area contributed by atoms with Crippen LogP contribution in [0.2, 0.25) is 0 Å². The number of aromatic nitrogens is 2. The van der Waals surface area contributed by atoms with Gasteiger partial charge in [0.25, 0.3) is 0 Å². The van der Waals surface area contributed by atoms with E-state index in [9.17, 15) is 5.11 Å². The average molecular weight is 197 g/mol. The highest BCUT2D eigenvalue weighted by Crippen LogP contribution is 2.21. The maximum atomic E-state index is 9.25. The highest BCUT2D eigenvalue weighted by Gasteiger charge is 2.01. The Morgan fingerprint density at radius 3 is 2.33 bits per heavy atom. The second-order valence-electron chi connectivity index (χ2n) is 3.01. The van der Waals surface area contributed by atoms with Gasteiger partial charge in [-0.05, 0) is 12.1 Å². The van der Waals surface area contributed by atoms with E-state index in [2.05, 4.69) is 9.97 Å². The van der Waals surface area contributed by atoms with Crippen molar-refractivity contribution in [1.29, 1.82) is 5.26 Å². The molecule has 15 heavy (non-hydrogen) atoms. The number of hydrogen-bond acceptors (Lipinski definition) is 4. The van der Waals surface area contributed by atoms with Crippen LogP contribution in [-0.2, 0) is 0 Å².